The zero-order valence-electron chi connectivity index (χ0n) is 17.1. The van der Waals surface area contributed by atoms with Gasteiger partial charge in [0.2, 0.25) is 5.91 Å². The molecule has 6 nitrogen and oxygen atoms in total. The number of piperidine rings is 1. The van der Waals surface area contributed by atoms with Gasteiger partial charge in [0.1, 0.15) is 0 Å². The van der Waals surface area contributed by atoms with Crippen LogP contribution >= 0.6 is 12.4 Å². The molecule has 1 unspecified atom stereocenters. The molecule has 28 heavy (non-hydrogen) atoms. The highest BCUT2D eigenvalue weighted by Gasteiger charge is 2.29. The van der Waals surface area contributed by atoms with Gasteiger partial charge in [-0.1, -0.05) is 50.1 Å². The lowest BCUT2D eigenvalue weighted by Gasteiger charge is -2.34. The minimum Gasteiger partial charge on any atom is -0.352 e. The van der Waals surface area contributed by atoms with Gasteiger partial charge in [-0.25, -0.2) is 4.79 Å². The molecule has 7 heteroatoms. The number of nitrogens with zero attached hydrogens (tertiary/aromatic N) is 2. The SMILES string of the molecule is CCCCC(CN)NC(=O)C1CCN(C(=O)N(C)Cc2ccccc2)CC1.Cl. The monoisotopic (exact) mass is 410 g/mol. The Balaban J connectivity index is 0.00000392. The summed E-state index contributed by atoms with van der Waals surface area (Å²) in [5.41, 5.74) is 6.89. The summed E-state index contributed by atoms with van der Waals surface area (Å²) >= 11 is 0. The molecule has 1 saturated heterocycles. The second-order valence-electron chi connectivity index (χ2n) is 7.47. The summed E-state index contributed by atoms with van der Waals surface area (Å²) in [7, 11) is 1.83. The molecular formula is C21H35ClN4O2. The molecule has 2 rings (SSSR count). The third kappa shape index (κ3) is 7.32. The second-order valence-corrected chi connectivity index (χ2v) is 7.47. The summed E-state index contributed by atoms with van der Waals surface area (Å²) in [6, 6.07) is 10.1. The molecular weight excluding hydrogens is 376 g/mol. The van der Waals surface area contributed by atoms with Crippen LogP contribution in [-0.2, 0) is 11.3 Å². The van der Waals surface area contributed by atoms with Crippen molar-refractivity contribution < 1.29 is 9.59 Å². The maximum Gasteiger partial charge on any atom is 0.320 e. The smallest absolute Gasteiger partial charge is 0.320 e. The quantitative estimate of drug-likeness (QED) is 0.691. The van der Waals surface area contributed by atoms with Crippen molar-refractivity contribution in [2.75, 3.05) is 26.7 Å². The Bertz CT molecular complexity index is 591. The zero-order chi connectivity index (χ0) is 19.6. The number of hydrogen-bond donors (Lipinski definition) is 2. The van der Waals surface area contributed by atoms with Gasteiger partial charge >= 0.3 is 6.03 Å². The Hall–Kier alpha value is -1.79. The number of amides is 3. The lowest BCUT2D eigenvalue weighted by Crippen LogP contribution is -2.49. The number of nitrogens with one attached hydrogen (secondary N) is 1. The van der Waals surface area contributed by atoms with Gasteiger partial charge in [0.25, 0.3) is 0 Å². The molecule has 0 bridgehead atoms. The normalized spacial score (nSPS) is 15.5. The number of halogens is 1. The van der Waals surface area contributed by atoms with Crippen molar-refractivity contribution >= 4 is 24.3 Å². The fourth-order valence-electron chi connectivity index (χ4n) is 3.52. The van der Waals surface area contributed by atoms with E-state index in [1.165, 1.54) is 0 Å². The number of likely N-dealkylation sites (tertiary alicyclic amines) is 1. The van der Waals surface area contributed by atoms with Gasteiger partial charge in [-0.05, 0) is 24.8 Å². The first-order chi connectivity index (χ1) is 13.0. The number of benzene rings is 1. The van der Waals surface area contributed by atoms with Gasteiger partial charge in [0.15, 0.2) is 0 Å². The van der Waals surface area contributed by atoms with E-state index in [1.54, 1.807) is 4.90 Å². The number of rotatable bonds is 8. The minimum atomic E-state index is -0.0239. The van der Waals surface area contributed by atoms with Crippen LogP contribution < -0.4 is 11.1 Å². The van der Waals surface area contributed by atoms with Crippen molar-refractivity contribution in [3.05, 3.63) is 35.9 Å². The minimum absolute atomic E-state index is 0. The van der Waals surface area contributed by atoms with Crippen molar-refractivity contribution in [2.24, 2.45) is 11.7 Å². The number of urea groups is 1. The predicted octanol–water partition coefficient (Wildman–Crippen LogP) is 3.01. The molecule has 0 radical (unpaired) electrons. The van der Waals surface area contributed by atoms with Crippen LogP contribution in [0.1, 0.15) is 44.6 Å². The summed E-state index contributed by atoms with van der Waals surface area (Å²) in [5, 5.41) is 3.09. The van der Waals surface area contributed by atoms with Gasteiger partial charge in [-0.15, -0.1) is 12.4 Å². The molecule has 3 N–H and O–H groups in total. The average Bonchev–Trinajstić information content (AvgIpc) is 2.71. The highest BCUT2D eigenvalue weighted by molar-refractivity contribution is 5.85. The van der Waals surface area contributed by atoms with Gasteiger partial charge in [0.05, 0.1) is 0 Å². The molecule has 0 saturated carbocycles. The lowest BCUT2D eigenvalue weighted by atomic mass is 9.95. The third-order valence-electron chi connectivity index (χ3n) is 5.26. The summed E-state index contributed by atoms with van der Waals surface area (Å²) in [5.74, 6) is 0.0652. The van der Waals surface area contributed by atoms with E-state index in [9.17, 15) is 9.59 Å². The first-order valence-electron chi connectivity index (χ1n) is 10.1. The lowest BCUT2D eigenvalue weighted by molar-refractivity contribution is -0.127. The van der Waals surface area contributed by atoms with E-state index >= 15 is 0 Å². The first kappa shape index (κ1) is 24.2. The summed E-state index contributed by atoms with van der Waals surface area (Å²) in [4.78, 5) is 28.8. The number of unbranched alkanes of at least 4 members (excludes halogenated alkanes) is 1. The van der Waals surface area contributed by atoms with Crippen molar-refractivity contribution in [2.45, 2.75) is 51.6 Å². The van der Waals surface area contributed by atoms with Crippen molar-refractivity contribution in [3.8, 4) is 0 Å². The standard InChI is InChI=1S/C21H34N4O2.ClH/c1-3-4-10-19(15-22)23-20(26)18-11-13-25(14-12-18)21(27)24(2)16-17-8-6-5-7-9-17;/h5-9,18-19H,3-4,10-16,22H2,1-2H3,(H,23,26);1H. The molecule has 0 spiro atoms. The van der Waals surface area contributed by atoms with Gasteiger partial charge < -0.3 is 20.9 Å². The number of nitrogens with two attached hydrogens (primary N) is 1. The van der Waals surface area contributed by atoms with Crippen LogP contribution in [0.5, 0.6) is 0 Å². The van der Waals surface area contributed by atoms with Gasteiger partial charge in [-0.2, -0.15) is 0 Å². The van der Waals surface area contributed by atoms with Gasteiger partial charge in [-0.3, -0.25) is 4.79 Å². The predicted molar refractivity (Wildman–Crippen MR) is 115 cm³/mol. The van der Waals surface area contributed by atoms with E-state index in [1.807, 2.05) is 42.3 Å². The van der Waals surface area contributed by atoms with Crippen LogP contribution in [0.2, 0.25) is 0 Å². The molecule has 158 valence electrons. The molecule has 1 aliphatic heterocycles. The zero-order valence-corrected chi connectivity index (χ0v) is 17.9. The van der Waals surface area contributed by atoms with Crippen LogP contribution in [0.4, 0.5) is 4.79 Å². The van der Waals surface area contributed by atoms with E-state index in [-0.39, 0.29) is 36.3 Å². The molecule has 1 aromatic carbocycles. The molecule has 1 aliphatic rings. The maximum atomic E-state index is 12.7. The third-order valence-corrected chi connectivity index (χ3v) is 5.26. The summed E-state index contributed by atoms with van der Waals surface area (Å²) < 4.78 is 0. The topological polar surface area (TPSA) is 78.7 Å². The van der Waals surface area contributed by atoms with Crippen LogP contribution in [0.25, 0.3) is 0 Å². The van der Waals surface area contributed by atoms with E-state index in [0.717, 1.165) is 24.8 Å². The summed E-state index contributed by atoms with van der Waals surface area (Å²) in [6.45, 7) is 4.45. The molecule has 0 aliphatic carbocycles. The van der Waals surface area contributed by atoms with Crippen molar-refractivity contribution in [1.29, 1.82) is 0 Å². The van der Waals surface area contributed by atoms with Crippen LogP contribution in [0, 0.1) is 5.92 Å². The van der Waals surface area contributed by atoms with Crippen molar-refractivity contribution in [1.82, 2.24) is 15.1 Å². The van der Waals surface area contributed by atoms with E-state index in [0.29, 0.717) is 39.0 Å². The fraction of sp³-hybridized carbons (Fsp3) is 0.619. The van der Waals surface area contributed by atoms with Crippen LogP contribution in [0.15, 0.2) is 30.3 Å². The van der Waals surface area contributed by atoms with E-state index < -0.39 is 0 Å². The van der Waals surface area contributed by atoms with E-state index in [4.69, 9.17) is 5.73 Å². The second kappa shape index (κ2) is 12.6. The Kier molecular flexibility index (Phi) is 10.9. The summed E-state index contributed by atoms with van der Waals surface area (Å²) in [6.07, 6.45) is 4.52. The number of hydrogen-bond acceptors (Lipinski definition) is 3. The Morgan fingerprint density at radius 3 is 2.46 bits per heavy atom. The van der Waals surface area contributed by atoms with E-state index in [2.05, 4.69) is 12.2 Å². The molecule has 1 aromatic rings. The first-order valence-corrected chi connectivity index (χ1v) is 10.1. The molecule has 1 fully saturated rings. The largest absolute Gasteiger partial charge is 0.352 e. The van der Waals surface area contributed by atoms with Crippen LogP contribution in [0.3, 0.4) is 0 Å². The highest BCUT2D eigenvalue weighted by Crippen LogP contribution is 2.19. The molecule has 0 aromatic heterocycles. The van der Waals surface area contributed by atoms with Crippen molar-refractivity contribution in [3.63, 3.8) is 0 Å². The Morgan fingerprint density at radius 1 is 1.25 bits per heavy atom. The Morgan fingerprint density at radius 2 is 1.89 bits per heavy atom. The highest BCUT2D eigenvalue weighted by atomic mass is 35.5. The maximum absolute atomic E-state index is 12.7. The van der Waals surface area contributed by atoms with Gasteiger partial charge in [0, 0.05) is 45.2 Å². The van der Waals surface area contributed by atoms with Crippen LogP contribution in [-0.4, -0.2) is 54.5 Å². The number of carbonyl (C=O) groups is 2. The fourth-order valence-corrected chi connectivity index (χ4v) is 3.52. The molecule has 1 heterocycles. The average molecular weight is 411 g/mol. The number of carbonyl (C=O) groups excluding carboxylic acids is 2. The molecule has 1 atom stereocenters. The molecule has 3 amide bonds. The Labute approximate surface area is 175 Å².